The molecule has 0 aliphatic rings. The molecule has 0 bridgehead atoms. The summed E-state index contributed by atoms with van der Waals surface area (Å²) in [5.41, 5.74) is 6.66. The van der Waals surface area contributed by atoms with Crippen LogP contribution in [0.4, 0.5) is 0 Å². The van der Waals surface area contributed by atoms with Gasteiger partial charge < -0.3 is 0 Å². The Bertz CT molecular complexity index is 2580. The fourth-order valence-electron chi connectivity index (χ4n) is 6.82. The van der Waals surface area contributed by atoms with Crippen molar-refractivity contribution in [3.63, 3.8) is 0 Å². The van der Waals surface area contributed by atoms with Crippen LogP contribution in [0.25, 0.3) is 60.3 Å². The van der Waals surface area contributed by atoms with Gasteiger partial charge in [0.1, 0.15) is 5.65 Å². The van der Waals surface area contributed by atoms with Crippen molar-refractivity contribution >= 4 is 82.9 Å². The number of aromatic nitrogens is 2. The number of para-hydroxylation sites is 2. The van der Waals surface area contributed by atoms with Crippen molar-refractivity contribution in [2.45, 2.75) is 0 Å². The second-order valence-electron chi connectivity index (χ2n) is 11.6. The maximum Gasteiger partial charge on any atom is 0.146 e. The van der Waals surface area contributed by atoms with Crippen LogP contribution in [0.2, 0.25) is 0 Å². The average Bonchev–Trinajstić information content (AvgIpc) is 3.52. The monoisotopic (exact) mass is 610 g/mol. The number of benzene rings is 7. The molecule has 9 rings (SSSR count). The van der Waals surface area contributed by atoms with Crippen LogP contribution in [0.1, 0.15) is 0 Å². The normalized spacial score (nSPS) is 12.1. The molecule has 0 saturated carbocycles. The highest BCUT2D eigenvalue weighted by atomic mass is 32.4. The van der Waals surface area contributed by atoms with Crippen LogP contribution in [0.5, 0.6) is 0 Å². The molecule has 0 spiro atoms. The van der Waals surface area contributed by atoms with E-state index in [0.717, 1.165) is 22.2 Å². The molecule has 4 heteroatoms. The van der Waals surface area contributed by atoms with E-state index in [2.05, 4.69) is 168 Å². The highest BCUT2D eigenvalue weighted by Gasteiger charge is 2.25. The van der Waals surface area contributed by atoms with Crippen LogP contribution in [-0.4, -0.2) is 9.38 Å². The second kappa shape index (κ2) is 10.2. The third-order valence-electron chi connectivity index (χ3n) is 9.02. The van der Waals surface area contributed by atoms with E-state index < -0.39 is 6.04 Å². The van der Waals surface area contributed by atoms with Gasteiger partial charge in [-0.2, -0.15) is 0 Å². The summed E-state index contributed by atoms with van der Waals surface area (Å²) in [4.78, 5) is 5.07. The van der Waals surface area contributed by atoms with Crippen molar-refractivity contribution in [2.75, 3.05) is 0 Å². The van der Waals surface area contributed by atoms with Gasteiger partial charge in [-0.1, -0.05) is 145 Å². The molecule has 0 N–H and O–H groups in total. The number of rotatable bonds is 4. The van der Waals surface area contributed by atoms with Gasteiger partial charge in [0, 0.05) is 16.8 Å². The molecule has 0 fully saturated rings. The SMILES string of the molecule is S=P(c1ccccc1)(c1ccccc1)c1ccc2cc(-c3ccc4c5ccccc5c5nc6ccccc6n5c4c3)ccc2c1. The number of fused-ring (bicyclic) bond motifs is 9. The standard InChI is InChI=1S/C41H27N2PS/c45-44(32-11-3-1-4-12-32,33-13-5-2-6-14-33)34-23-21-29-25-28(19-20-30(29)26-34)31-22-24-36-35-15-7-8-16-37(35)41-42-38-17-9-10-18-39(38)43(41)40(36)27-31/h1-27H. The Morgan fingerprint density at radius 2 is 1.04 bits per heavy atom. The van der Waals surface area contributed by atoms with Crippen LogP contribution >= 0.6 is 6.04 Å². The van der Waals surface area contributed by atoms with Gasteiger partial charge >= 0.3 is 0 Å². The summed E-state index contributed by atoms with van der Waals surface area (Å²) in [5.74, 6) is 0. The van der Waals surface area contributed by atoms with Crippen LogP contribution in [-0.2, 0) is 11.8 Å². The predicted octanol–water partition coefficient (Wildman–Crippen LogP) is 9.37. The molecule has 0 amide bonds. The molecule has 0 aliphatic carbocycles. The lowest BCUT2D eigenvalue weighted by Gasteiger charge is -2.24. The van der Waals surface area contributed by atoms with Gasteiger partial charge in [-0.15, -0.1) is 0 Å². The van der Waals surface area contributed by atoms with Crippen LogP contribution in [0, 0.1) is 0 Å². The number of hydrogen-bond donors (Lipinski definition) is 0. The Kier molecular flexibility index (Phi) is 5.99. The second-order valence-corrected chi connectivity index (χ2v) is 16.0. The molecular weight excluding hydrogens is 584 g/mol. The summed E-state index contributed by atoms with van der Waals surface area (Å²) in [6.07, 6.45) is 0. The van der Waals surface area contributed by atoms with E-state index in [1.807, 2.05) is 0 Å². The Hall–Kier alpha value is -5.08. The lowest BCUT2D eigenvalue weighted by Crippen LogP contribution is -2.24. The number of imidazole rings is 1. The topological polar surface area (TPSA) is 17.3 Å². The van der Waals surface area contributed by atoms with Crippen LogP contribution < -0.4 is 15.9 Å². The predicted molar refractivity (Wildman–Crippen MR) is 197 cm³/mol. The first kappa shape index (κ1) is 26.3. The molecule has 0 aliphatic heterocycles. The number of nitrogens with zero attached hydrogens (tertiary/aromatic N) is 2. The van der Waals surface area contributed by atoms with E-state index in [4.69, 9.17) is 16.8 Å². The van der Waals surface area contributed by atoms with Gasteiger partial charge in [-0.05, 0) is 73.5 Å². The molecule has 0 saturated heterocycles. The molecule has 212 valence electrons. The summed E-state index contributed by atoms with van der Waals surface area (Å²) in [5, 5.41) is 9.66. The van der Waals surface area contributed by atoms with Crippen LogP contribution in [0.3, 0.4) is 0 Å². The van der Waals surface area contributed by atoms with Gasteiger partial charge in [0.05, 0.1) is 16.6 Å². The van der Waals surface area contributed by atoms with Crippen molar-refractivity contribution in [2.24, 2.45) is 0 Å². The Labute approximate surface area is 266 Å². The van der Waals surface area contributed by atoms with Gasteiger partial charge in [-0.25, -0.2) is 4.98 Å². The lowest BCUT2D eigenvalue weighted by molar-refractivity contribution is 1.31. The molecule has 9 aromatic rings. The van der Waals surface area contributed by atoms with Crippen molar-refractivity contribution in [3.05, 3.63) is 164 Å². The fourth-order valence-corrected chi connectivity index (χ4v) is 10.6. The lowest BCUT2D eigenvalue weighted by atomic mass is 9.98. The van der Waals surface area contributed by atoms with Crippen molar-refractivity contribution < 1.29 is 0 Å². The van der Waals surface area contributed by atoms with Gasteiger partial charge in [0.2, 0.25) is 0 Å². The van der Waals surface area contributed by atoms with E-state index in [1.54, 1.807) is 0 Å². The minimum absolute atomic E-state index is 0.995. The fraction of sp³-hybridized carbons (Fsp3) is 0. The molecular formula is C41H27N2PS. The van der Waals surface area contributed by atoms with Crippen LogP contribution in [0.15, 0.2) is 164 Å². The van der Waals surface area contributed by atoms with E-state index in [0.29, 0.717) is 0 Å². The summed E-state index contributed by atoms with van der Waals surface area (Å²) in [6.45, 7) is 0. The minimum atomic E-state index is -2.21. The third kappa shape index (κ3) is 4.09. The van der Waals surface area contributed by atoms with Crippen molar-refractivity contribution in [3.8, 4) is 11.1 Å². The Balaban J connectivity index is 1.21. The largest absolute Gasteiger partial charge is 0.292 e. The van der Waals surface area contributed by atoms with Gasteiger partial charge in [-0.3, -0.25) is 4.40 Å². The summed E-state index contributed by atoms with van der Waals surface area (Å²) < 4.78 is 2.32. The smallest absolute Gasteiger partial charge is 0.146 e. The highest BCUT2D eigenvalue weighted by Crippen LogP contribution is 2.43. The molecule has 45 heavy (non-hydrogen) atoms. The van der Waals surface area contributed by atoms with E-state index >= 15 is 0 Å². The van der Waals surface area contributed by atoms with E-state index in [9.17, 15) is 0 Å². The minimum Gasteiger partial charge on any atom is -0.292 e. The molecule has 2 nitrogen and oxygen atoms in total. The number of hydrogen-bond acceptors (Lipinski definition) is 2. The third-order valence-corrected chi connectivity index (χ3v) is 14.0. The van der Waals surface area contributed by atoms with Crippen molar-refractivity contribution in [1.29, 1.82) is 0 Å². The van der Waals surface area contributed by atoms with E-state index in [-0.39, 0.29) is 0 Å². The maximum absolute atomic E-state index is 6.61. The first-order valence-corrected chi connectivity index (χ1v) is 18.0. The first-order chi connectivity index (χ1) is 22.2. The first-order valence-electron chi connectivity index (χ1n) is 15.2. The molecule has 2 heterocycles. The molecule has 0 atom stereocenters. The summed E-state index contributed by atoms with van der Waals surface area (Å²) >= 11 is 6.61. The summed E-state index contributed by atoms with van der Waals surface area (Å²) in [6, 6.07) is 56.5. The number of pyridine rings is 1. The van der Waals surface area contributed by atoms with Gasteiger partial charge in [0.15, 0.2) is 0 Å². The van der Waals surface area contributed by atoms with Gasteiger partial charge in [0.25, 0.3) is 0 Å². The van der Waals surface area contributed by atoms with Crippen molar-refractivity contribution in [1.82, 2.24) is 9.38 Å². The Morgan fingerprint density at radius 3 is 1.82 bits per heavy atom. The molecule has 2 aromatic heterocycles. The zero-order chi connectivity index (χ0) is 30.0. The van der Waals surface area contributed by atoms with E-state index in [1.165, 1.54) is 54.0 Å². The molecule has 7 aromatic carbocycles. The Morgan fingerprint density at radius 1 is 0.444 bits per heavy atom. The zero-order valence-electron chi connectivity index (χ0n) is 24.3. The quantitative estimate of drug-likeness (QED) is 0.146. The average molecular weight is 611 g/mol. The maximum atomic E-state index is 6.61. The molecule has 0 unspecified atom stereocenters. The summed E-state index contributed by atoms with van der Waals surface area (Å²) in [7, 11) is 0. The zero-order valence-corrected chi connectivity index (χ0v) is 26.0. The molecule has 0 radical (unpaired) electrons. The highest BCUT2D eigenvalue weighted by molar-refractivity contribution is 8.25.